The molecule has 1 saturated heterocycles. The van der Waals surface area contributed by atoms with Gasteiger partial charge in [0.2, 0.25) is 0 Å². The Kier molecular flexibility index (Phi) is 4.24. The first-order valence-electron chi connectivity index (χ1n) is 4.39. The van der Waals surface area contributed by atoms with Gasteiger partial charge in [-0.2, -0.15) is 10.9 Å². The van der Waals surface area contributed by atoms with E-state index in [-0.39, 0.29) is 12.3 Å². The summed E-state index contributed by atoms with van der Waals surface area (Å²) in [4.78, 5) is 14.7. The Balaban J connectivity index is 2.31. The standard InChI is InChI=1S/C8H14N3OS/c1-3-4-7-10-11-8(13-7)9-5-6(2)12/h7,10H,3-5H2,1-2H3. The first kappa shape index (κ1) is 10.5. The van der Waals surface area contributed by atoms with E-state index in [4.69, 9.17) is 0 Å². The van der Waals surface area contributed by atoms with Crippen LogP contribution in [0.2, 0.25) is 0 Å². The zero-order chi connectivity index (χ0) is 9.68. The van der Waals surface area contributed by atoms with E-state index >= 15 is 0 Å². The highest BCUT2D eigenvalue weighted by molar-refractivity contribution is 8.14. The number of thioether (sulfide) groups is 1. The molecule has 1 unspecified atom stereocenters. The molecule has 0 amide bonds. The number of ketones is 1. The lowest BCUT2D eigenvalue weighted by atomic mass is 10.3. The number of carbonyl (C=O) groups excluding carboxylic acids is 1. The molecule has 1 aliphatic heterocycles. The minimum Gasteiger partial charge on any atom is -0.298 e. The van der Waals surface area contributed by atoms with E-state index in [0.29, 0.717) is 10.5 Å². The molecule has 1 N–H and O–H groups in total. The number of nitrogens with zero attached hydrogens (tertiary/aromatic N) is 2. The fraction of sp³-hybridized carbons (Fsp3) is 0.750. The van der Waals surface area contributed by atoms with Crippen molar-refractivity contribution in [3.63, 3.8) is 0 Å². The number of carbonyl (C=O) groups is 1. The van der Waals surface area contributed by atoms with Crippen LogP contribution in [0.3, 0.4) is 0 Å². The van der Waals surface area contributed by atoms with Crippen molar-refractivity contribution < 1.29 is 4.79 Å². The molecule has 0 bridgehead atoms. The molecule has 0 aliphatic carbocycles. The molecule has 1 radical (unpaired) electrons. The van der Waals surface area contributed by atoms with E-state index in [1.165, 1.54) is 6.92 Å². The van der Waals surface area contributed by atoms with Crippen molar-refractivity contribution >= 4 is 22.7 Å². The molecule has 0 saturated carbocycles. The van der Waals surface area contributed by atoms with Crippen LogP contribution in [-0.4, -0.2) is 22.9 Å². The van der Waals surface area contributed by atoms with E-state index < -0.39 is 0 Å². The summed E-state index contributed by atoms with van der Waals surface area (Å²) in [5.74, 6) is 0.0715. The molecule has 73 valence electrons. The van der Waals surface area contributed by atoms with Crippen LogP contribution < -0.4 is 10.9 Å². The molecular weight excluding hydrogens is 186 g/mol. The van der Waals surface area contributed by atoms with Gasteiger partial charge in [0.25, 0.3) is 0 Å². The maximum atomic E-state index is 10.6. The second-order valence-corrected chi connectivity index (χ2v) is 4.11. The van der Waals surface area contributed by atoms with Crippen LogP contribution in [-0.2, 0) is 4.79 Å². The lowest BCUT2D eigenvalue weighted by Crippen LogP contribution is -2.25. The SMILES string of the molecule is CCCC1N[N]C(=NCC(C)=O)S1. The third kappa shape index (κ3) is 3.78. The normalized spacial score (nSPS) is 24.8. The van der Waals surface area contributed by atoms with Gasteiger partial charge in [0, 0.05) is 0 Å². The predicted molar refractivity (Wildman–Crippen MR) is 54.5 cm³/mol. The number of nitrogens with one attached hydrogen (secondary N) is 1. The molecule has 13 heavy (non-hydrogen) atoms. The van der Waals surface area contributed by atoms with E-state index in [1.54, 1.807) is 11.8 Å². The zero-order valence-electron chi connectivity index (χ0n) is 7.91. The quantitative estimate of drug-likeness (QED) is 0.734. The second kappa shape index (κ2) is 5.24. The third-order valence-electron chi connectivity index (χ3n) is 1.54. The Morgan fingerprint density at radius 3 is 3.15 bits per heavy atom. The van der Waals surface area contributed by atoms with Crippen LogP contribution in [0.4, 0.5) is 0 Å². The number of amidine groups is 1. The Morgan fingerprint density at radius 1 is 1.77 bits per heavy atom. The van der Waals surface area contributed by atoms with E-state index in [1.807, 2.05) is 0 Å². The molecule has 1 fully saturated rings. The smallest absolute Gasteiger partial charge is 0.198 e. The number of aliphatic imine (C=N–C) groups is 1. The van der Waals surface area contributed by atoms with Crippen LogP contribution >= 0.6 is 11.8 Å². The van der Waals surface area contributed by atoms with Gasteiger partial charge in [-0.3, -0.25) is 9.79 Å². The van der Waals surface area contributed by atoms with E-state index in [2.05, 4.69) is 22.8 Å². The Hall–Kier alpha value is -0.550. The van der Waals surface area contributed by atoms with Crippen LogP contribution in [0.25, 0.3) is 0 Å². The van der Waals surface area contributed by atoms with Crippen LogP contribution in [0, 0.1) is 0 Å². The topological polar surface area (TPSA) is 55.6 Å². The molecule has 0 aromatic carbocycles. The average molecular weight is 200 g/mol. The van der Waals surface area contributed by atoms with Crippen molar-refractivity contribution in [3.05, 3.63) is 0 Å². The minimum atomic E-state index is 0.0715. The Morgan fingerprint density at radius 2 is 2.54 bits per heavy atom. The summed E-state index contributed by atoms with van der Waals surface area (Å²) in [7, 11) is 0. The average Bonchev–Trinajstić information content (AvgIpc) is 2.50. The summed E-state index contributed by atoms with van der Waals surface area (Å²) in [6.07, 6.45) is 2.20. The summed E-state index contributed by atoms with van der Waals surface area (Å²) >= 11 is 1.60. The molecule has 0 aromatic rings. The van der Waals surface area contributed by atoms with Gasteiger partial charge in [0.15, 0.2) is 11.0 Å². The number of hydrogen-bond acceptors (Lipinski definition) is 4. The molecule has 0 aromatic heterocycles. The molecule has 4 nitrogen and oxygen atoms in total. The molecule has 1 aliphatic rings. The highest BCUT2D eigenvalue weighted by Crippen LogP contribution is 2.19. The van der Waals surface area contributed by atoms with Gasteiger partial charge < -0.3 is 0 Å². The summed E-state index contributed by atoms with van der Waals surface area (Å²) < 4.78 is 0. The van der Waals surface area contributed by atoms with Gasteiger partial charge in [-0.1, -0.05) is 25.1 Å². The van der Waals surface area contributed by atoms with Gasteiger partial charge >= 0.3 is 0 Å². The number of rotatable bonds is 4. The first-order valence-corrected chi connectivity index (χ1v) is 5.27. The number of Topliss-reactive ketones (excluding diaryl/α,β-unsaturated/α-hetero) is 1. The largest absolute Gasteiger partial charge is 0.298 e. The Labute approximate surface area is 82.5 Å². The van der Waals surface area contributed by atoms with Crippen molar-refractivity contribution in [2.24, 2.45) is 4.99 Å². The third-order valence-corrected chi connectivity index (χ3v) is 2.60. The molecule has 5 heteroatoms. The monoisotopic (exact) mass is 200 g/mol. The fourth-order valence-electron chi connectivity index (χ4n) is 0.944. The van der Waals surface area contributed by atoms with Crippen LogP contribution in [0.15, 0.2) is 4.99 Å². The maximum Gasteiger partial charge on any atom is 0.198 e. The minimum absolute atomic E-state index is 0.0715. The molecular formula is C8H14N3OS. The molecule has 1 atom stereocenters. The van der Waals surface area contributed by atoms with Gasteiger partial charge in [-0.25, -0.2) is 0 Å². The van der Waals surface area contributed by atoms with Gasteiger partial charge in [-0.05, 0) is 13.3 Å². The summed E-state index contributed by atoms with van der Waals surface area (Å²) in [5.41, 5.74) is 7.00. The van der Waals surface area contributed by atoms with E-state index in [0.717, 1.165) is 12.8 Å². The van der Waals surface area contributed by atoms with Crippen molar-refractivity contribution in [2.75, 3.05) is 6.54 Å². The lowest BCUT2D eigenvalue weighted by Gasteiger charge is -2.01. The number of hydrogen-bond donors (Lipinski definition) is 1. The van der Waals surface area contributed by atoms with Crippen molar-refractivity contribution in [2.45, 2.75) is 32.1 Å². The summed E-state index contributed by atoms with van der Waals surface area (Å²) in [6.45, 7) is 3.90. The molecule has 1 heterocycles. The highest BCUT2D eigenvalue weighted by atomic mass is 32.2. The van der Waals surface area contributed by atoms with Crippen molar-refractivity contribution in [1.29, 1.82) is 0 Å². The Bertz CT molecular complexity index is 217. The highest BCUT2D eigenvalue weighted by Gasteiger charge is 2.20. The van der Waals surface area contributed by atoms with Crippen LogP contribution in [0.5, 0.6) is 0 Å². The second-order valence-electron chi connectivity index (χ2n) is 2.94. The van der Waals surface area contributed by atoms with Gasteiger partial charge in [0.1, 0.15) is 6.54 Å². The van der Waals surface area contributed by atoms with Gasteiger partial charge in [-0.15, -0.1) is 0 Å². The molecule has 1 rings (SSSR count). The van der Waals surface area contributed by atoms with E-state index in [9.17, 15) is 4.79 Å². The fourth-order valence-corrected chi connectivity index (χ4v) is 1.90. The van der Waals surface area contributed by atoms with Crippen molar-refractivity contribution in [3.8, 4) is 0 Å². The predicted octanol–water partition coefficient (Wildman–Crippen LogP) is 0.913. The first-order chi connectivity index (χ1) is 6.22. The summed E-state index contributed by atoms with van der Waals surface area (Å²) in [6, 6.07) is 0. The lowest BCUT2D eigenvalue weighted by molar-refractivity contribution is -0.115. The zero-order valence-corrected chi connectivity index (χ0v) is 8.73. The summed E-state index contributed by atoms with van der Waals surface area (Å²) in [5, 5.41) is 1.05. The van der Waals surface area contributed by atoms with Crippen LogP contribution in [0.1, 0.15) is 26.7 Å². The maximum absolute atomic E-state index is 10.6. The van der Waals surface area contributed by atoms with Crippen molar-refractivity contribution in [1.82, 2.24) is 10.9 Å². The molecule has 0 spiro atoms. The van der Waals surface area contributed by atoms with Gasteiger partial charge in [0.05, 0.1) is 5.37 Å².